The average Bonchev–Trinajstić information content (AvgIpc) is 2.17. The van der Waals surface area contributed by atoms with Crippen LogP contribution in [-0.4, -0.2) is 7.05 Å². The van der Waals surface area contributed by atoms with E-state index in [1.165, 1.54) is 12.0 Å². The van der Waals surface area contributed by atoms with Crippen LogP contribution in [0.4, 0.5) is 0 Å². The van der Waals surface area contributed by atoms with Gasteiger partial charge >= 0.3 is 0 Å². The Balaban J connectivity index is 4.76. The van der Waals surface area contributed by atoms with Gasteiger partial charge in [-0.2, -0.15) is 0 Å². The number of nitrogens with one attached hydrogen (secondary N) is 1. The Hall–Kier alpha value is -0.980. The molecule has 0 saturated heterocycles. The van der Waals surface area contributed by atoms with Crippen molar-refractivity contribution < 1.29 is 0 Å². The molecule has 0 unspecified atom stereocenters. The van der Waals surface area contributed by atoms with E-state index in [1.54, 1.807) is 0 Å². The number of likely N-dealkylation sites (N-methyl/N-ethyl adjacent to an activating group) is 1. The maximum atomic E-state index is 3.76. The third-order valence-corrected chi connectivity index (χ3v) is 3.01. The van der Waals surface area contributed by atoms with Crippen LogP contribution in [0.1, 0.15) is 41.0 Å². The molecule has 0 bridgehead atoms. The van der Waals surface area contributed by atoms with Crippen molar-refractivity contribution in [3.63, 3.8) is 0 Å². The van der Waals surface area contributed by atoms with E-state index >= 15 is 0 Å². The average molecular weight is 221 g/mol. The Morgan fingerprint density at radius 2 is 1.88 bits per heavy atom. The summed E-state index contributed by atoms with van der Waals surface area (Å²) in [6, 6.07) is 0. The van der Waals surface area contributed by atoms with Gasteiger partial charge in [0.05, 0.1) is 0 Å². The van der Waals surface area contributed by atoms with Crippen LogP contribution in [0.15, 0.2) is 36.1 Å². The minimum Gasteiger partial charge on any atom is -0.388 e. The van der Waals surface area contributed by atoms with Gasteiger partial charge in [0.25, 0.3) is 0 Å². The summed E-state index contributed by atoms with van der Waals surface area (Å²) in [6.45, 7) is 15.1. The molecule has 16 heavy (non-hydrogen) atoms. The van der Waals surface area contributed by atoms with Gasteiger partial charge in [0.1, 0.15) is 0 Å². The topological polar surface area (TPSA) is 12.0 Å². The van der Waals surface area contributed by atoms with E-state index in [0.29, 0.717) is 0 Å². The highest BCUT2D eigenvalue weighted by Crippen LogP contribution is 2.33. The highest BCUT2D eigenvalue weighted by molar-refractivity contribution is 5.24. The smallest absolute Gasteiger partial charge is 0.0331 e. The minimum atomic E-state index is 0.269. The monoisotopic (exact) mass is 221 g/mol. The summed E-state index contributed by atoms with van der Waals surface area (Å²) in [7, 11) is 1.91. The molecule has 0 aliphatic heterocycles. The highest BCUT2D eigenvalue weighted by Gasteiger charge is 2.20. The molecule has 0 radical (unpaired) electrons. The summed E-state index contributed by atoms with van der Waals surface area (Å²) < 4.78 is 0. The zero-order valence-electron chi connectivity index (χ0n) is 11.7. The van der Waals surface area contributed by atoms with Crippen molar-refractivity contribution in [1.82, 2.24) is 5.32 Å². The lowest BCUT2D eigenvalue weighted by atomic mass is 9.78. The van der Waals surface area contributed by atoms with E-state index in [9.17, 15) is 0 Å². The van der Waals surface area contributed by atoms with Crippen LogP contribution in [0.5, 0.6) is 0 Å². The van der Waals surface area contributed by atoms with Gasteiger partial charge in [0, 0.05) is 12.7 Å². The Morgan fingerprint density at radius 1 is 1.31 bits per heavy atom. The van der Waals surface area contributed by atoms with Crippen molar-refractivity contribution in [2.24, 2.45) is 11.3 Å². The van der Waals surface area contributed by atoms with Gasteiger partial charge in [0.15, 0.2) is 0 Å². The maximum absolute atomic E-state index is 3.76. The molecule has 0 aliphatic rings. The molecule has 0 spiro atoms. The Morgan fingerprint density at radius 3 is 2.25 bits per heavy atom. The predicted octanol–water partition coefficient (Wildman–Crippen LogP) is 4.29. The highest BCUT2D eigenvalue weighted by atomic mass is 14.8. The zero-order valence-corrected chi connectivity index (χ0v) is 11.7. The molecule has 0 atom stereocenters. The number of hydrogen-bond acceptors (Lipinski definition) is 1. The molecule has 92 valence electrons. The van der Waals surface area contributed by atoms with Gasteiger partial charge in [0.2, 0.25) is 0 Å². The van der Waals surface area contributed by atoms with Gasteiger partial charge in [-0.25, -0.2) is 0 Å². The van der Waals surface area contributed by atoms with Gasteiger partial charge in [-0.1, -0.05) is 45.9 Å². The standard InChI is InChI=1S/C15H27N/c1-8-14(16-7)10-9-13(4)15(5,6)11-12(2)3/h8-10,12,16H,1,11H2,2-7H3/b13-9+,14-10+. The molecule has 0 fully saturated rings. The second kappa shape index (κ2) is 6.57. The molecule has 0 amide bonds. The van der Waals surface area contributed by atoms with Crippen molar-refractivity contribution in [1.29, 1.82) is 0 Å². The molecule has 1 nitrogen and oxygen atoms in total. The summed E-state index contributed by atoms with van der Waals surface area (Å²) in [5, 5.41) is 3.10. The normalized spacial score (nSPS) is 14.2. The minimum absolute atomic E-state index is 0.269. The summed E-state index contributed by atoms with van der Waals surface area (Å²) in [6.07, 6.45) is 7.33. The van der Waals surface area contributed by atoms with Crippen LogP contribution in [0, 0.1) is 11.3 Å². The fourth-order valence-corrected chi connectivity index (χ4v) is 1.88. The van der Waals surface area contributed by atoms with Crippen LogP contribution in [0.3, 0.4) is 0 Å². The molecule has 0 aromatic rings. The fourth-order valence-electron chi connectivity index (χ4n) is 1.88. The van der Waals surface area contributed by atoms with Crippen molar-refractivity contribution >= 4 is 0 Å². The quantitative estimate of drug-likeness (QED) is 0.660. The first-order valence-corrected chi connectivity index (χ1v) is 6.02. The van der Waals surface area contributed by atoms with Crippen molar-refractivity contribution in [3.05, 3.63) is 36.1 Å². The van der Waals surface area contributed by atoms with Crippen LogP contribution in [0.25, 0.3) is 0 Å². The lowest BCUT2D eigenvalue weighted by molar-refractivity contribution is 0.344. The first-order chi connectivity index (χ1) is 7.33. The van der Waals surface area contributed by atoms with E-state index in [0.717, 1.165) is 11.6 Å². The van der Waals surface area contributed by atoms with E-state index in [-0.39, 0.29) is 5.41 Å². The lowest BCUT2D eigenvalue weighted by Gasteiger charge is -2.27. The largest absolute Gasteiger partial charge is 0.388 e. The van der Waals surface area contributed by atoms with Crippen LogP contribution < -0.4 is 5.32 Å². The number of hydrogen-bond donors (Lipinski definition) is 1. The molecule has 0 aliphatic carbocycles. The molecule has 0 rings (SSSR count). The Bertz CT molecular complexity index is 280. The third-order valence-electron chi connectivity index (χ3n) is 3.01. The second-order valence-electron chi connectivity index (χ2n) is 5.41. The summed E-state index contributed by atoms with van der Waals surface area (Å²) >= 11 is 0. The van der Waals surface area contributed by atoms with Gasteiger partial charge < -0.3 is 5.32 Å². The molecule has 0 aromatic carbocycles. The second-order valence-corrected chi connectivity index (χ2v) is 5.41. The van der Waals surface area contributed by atoms with Gasteiger partial charge in [-0.05, 0) is 36.8 Å². The Labute approximate surface area is 101 Å². The van der Waals surface area contributed by atoms with Crippen molar-refractivity contribution in [2.45, 2.75) is 41.0 Å². The maximum Gasteiger partial charge on any atom is 0.0331 e. The van der Waals surface area contributed by atoms with E-state index in [1.807, 2.05) is 13.1 Å². The Kier molecular flexibility index (Phi) is 6.17. The third kappa shape index (κ3) is 5.20. The van der Waals surface area contributed by atoms with E-state index < -0.39 is 0 Å². The molecule has 0 aromatic heterocycles. The molecular weight excluding hydrogens is 194 g/mol. The summed E-state index contributed by atoms with van der Waals surface area (Å²) in [4.78, 5) is 0. The fraction of sp³-hybridized carbons (Fsp3) is 0.600. The molecule has 0 heterocycles. The number of rotatable bonds is 6. The molecule has 1 N–H and O–H groups in total. The van der Waals surface area contributed by atoms with Gasteiger partial charge in [-0.15, -0.1) is 0 Å². The first-order valence-electron chi connectivity index (χ1n) is 6.02. The molecular formula is C15H27N. The summed E-state index contributed by atoms with van der Waals surface area (Å²) in [5.41, 5.74) is 2.74. The van der Waals surface area contributed by atoms with Crippen LogP contribution in [-0.2, 0) is 0 Å². The summed E-state index contributed by atoms with van der Waals surface area (Å²) in [5.74, 6) is 0.727. The number of allylic oxidation sites excluding steroid dienone is 4. The zero-order chi connectivity index (χ0) is 12.8. The van der Waals surface area contributed by atoms with Crippen LogP contribution in [0.2, 0.25) is 0 Å². The lowest BCUT2D eigenvalue weighted by Crippen LogP contribution is -2.16. The van der Waals surface area contributed by atoms with Crippen molar-refractivity contribution in [3.8, 4) is 0 Å². The van der Waals surface area contributed by atoms with Crippen LogP contribution >= 0.6 is 0 Å². The molecule has 1 heteroatoms. The van der Waals surface area contributed by atoms with E-state index in [2.05, 4.69) is 58.7 Å². The van der Waals surface area contributed by atoms with E-state index in [4.69, 9.17) is 0 Å². The SMILES string of the molecule is C=C/C(=C\C=C(/C)C(C)(C)CC(C)C)NC. The van der Waals surface area contributed by atoms with Gasteiger partial charge in [-0.3, -0.25) is 0 Å². The van der Waals surface area contributed by atoms with Crippen molar-refractivity contribution in [2.75, 3.05) is 7.05 Å². The first kappa shape index (κ1) is 15.0. The predicted molar refractivity (Wildman–Crippen MR) is 74.3 cm³/mol. The molecule has 0 saturated carbocycles.